The highest BCUT2D eigenvalue weighted by molar-refractivity contribution is 5.72. The molecule has 1 atom stereocenters. The zero-order valence-corrected chi connectivity index (χ0v) is 6.42. The number of carbonyl (C=O) groups is 1. The van der Waals surface area contributed by atoms with Crippen LogP contribution >= 0.6 is 0 Å². The molecule has 0 heterocycles. The van der Waals surface area contributed by atoms with E-state index < -0.39 is 12.1 Å². The van der Waals surface area contributed by atoms with Crippen molar-refractivity contribution in [1.29, 1.82) is 0 Å². The van der Waals surface area contributed by atoms with Gasteiger partial charge in [0.25, 0.3) is 0 Å². The minimum atomic E-state index is -1.63. The van der Waals surface area contributed by atoms with Crippen LogP contribution < -0.4 is 0 Å². The average Bonchev–Trinajstić information content (AvgIpc) is 2.05. The Labute approximate surface area is 65.4 Å². The number of hydrogen-bond donors (Lipinski definition) is 1. The molecule has 1 rings (SSSR count). The quantitative estimate of drug-likeness (QED) is 0.670. The van der Waals surface area contributed by atoms with Crippen LogP contribution in [0.15, 0.2) is 0 Å². The number of rotatable bonds is 2. The molecule has 1 N–H and O–H groups in total. The molecule has 2 nitrogen and oxygen atoms in total. The van der Waals surface area contributed by atoms with Gasteiger partial charge >= 0.3 is 5.97 Å². The molecule has 1 saturated carbocycles. The van der Waals surface area contributed by atoms with Crippen LogP contribution in [-0.2, 0) is 4.79 Å². The van der Waals surface area contributed by atoms with E-state index in [-0.39, 0.29) is 5.92 Å². The summed E-state index contributed by atoms with van der Waals surface area (Å²) in [5, 5.41) is 8.36. The van der Waals surface area contributed by atoms with Crippen LogP contribution in [0.25, 0.3) is 0 Å². The minimum Gasteiger partial charge on any atom is -0.479 e. The molecule has 0 bridgehead atoms. The molecule has 1 aliphatic rings. The highest BCUT2D eigenvalue weighted by Crippen LogP contribution is 2.27. The first kappa shape index (κ1) is 8.50. The van der Waals surface area contributed by atoms with Crippen LogP contribution in [0.3, 0.4) is 0 Å². The maximum atomic E-state index is 12.8. The molecule has 0 unspecified atom stereocenters. The van der Waals surface area contributed by atoms with E-state index in [0.717, 1.165) is 32.1 Å². The second-order valence-corrected chi connectivity index (χ2v) is 3.14. The van der Waals surface area contributed by atoms with Crippen molar-refractivity contribution in [3.63, 3.8) is 0 Å². The third-order valence-electron chi connectivity index (χ3n) is 2.30. The fourth-order valence-electron chi connectivity index (χ4n) is 1.63. The average molecular weight is 160 g/mol. The van der Waals surface area contributed by atoms with Crippen molar-refractivity contribution < 1.29 is 14.3 Å². The molecule has 3 heteroatoms. The van der Waals surface area contributed by atoms with E-state index in [1.54, 1.807) is 0 Å². The summed E-state index contributed by atoms with van der Waals surface area (Å²) in [5.41, 5.74) is 0. The van der Waals surface area contributed by atoms with Gasteiger partial charge in [-0.25, -0.2) is 9.18 Å². The van der Waals surface area contributed by atoms with Crippen molar-refractivity contribution in [2.75, 3.05) is 0 Å². The highest BCUT2D eigenvalue weighted by Gasteiger charge is 2.28. The van der Waals surface area contributed by atoms with Gasteiger partial charge in [0.15, 0.2) is 6.17 Å². The van der Waals surface area contributed by atoms with Gasteiger partial charge in [-0.2, -0.15) is 0 Å². The molecular weight excluding hydrogens is 147 g/mol. The molecule has 11 heavy (non-hydrogen) atoms. The maximum Gasteiger partial charge on any atom is 0.338 e. The van der Waals surface area contributed by atoms with Crippen molar-refractivity contribution >= 4 is 5.97 Å². The molecule has 0 saturated heterocycles. The van der Waals surface area contributed by atoms with E-state index in [0.29, 0.717) is 0 Å². The molecule has 0 amide bonds. The van der Waals surface area contributed by atoms with E-state index in [4.69, 9.17) is 5.11 Å². The summed E-state index contributed by atoms with van der Waals surface area (Å²) in [6, 6.07) is 0. The van der Waals surface area contributed by atoms with E-state index in [1.807, 2.05) is 0 Å². The van der Waals surface area contributed by atoms with E-state index in [1.165, 1.54) is 0 Å². The lowest BCUT2D eigenvalue weighted by molar-refractivity contribution is -0.145. The number of carboxylic acid groups (broad SMARTS) is 1. The fraction of sp³-hybridized carbons (Fsp3) is 0.875. The summed E-state index contributed by atoms with van der Waals surface area (Å²) in [6.45, 7) is 0. The smallest absolute Gasteiger partial charge is 0.338 e. The Morgan fingerprint density at radius 1 is 1.36 bits per heavy atom. The summed E-state index contributed by atoms with van der Waals surface area (Å²) < 4.78 is 12.8. The Kier molecular flexibility index (Phi) is 2.85. The fourth-order valence-corrected chi connectivity index (χ4v) is 1.63. The molecule has 1 fully saturated rings. The van der Waals surface area contributed by atoms with E-state index >= 15 is 0 Å². The normalized spacial score (nSPS) is 23.0. The Balaban J connectivity index is 2.38. The van der Waals surface area contributed by atoms with Crippen LogP contribution in [0.1, 0.15) is 32.1 Å². The van der Waals surface area contributed by atoms with Gasteiger partial charge in [0.2, 0.25) is 0 Å². The first-order chi connectivity index (χ1) is 5.22. The number of alkyl halides is 1. The van der Waals surface area contributed by atoms with Crippen LogP contribution in [0.5, 0.6) is 0 Å². The zero-order chi connectivity index (χ0) is 8.27. The van der Waals surface area contributed by atoms with Gasteiger partial charge in [-0.05, 0) is 12.8 Å². The molecule has 1 aliphatic carbocycles. The first-order valence-electron chi connectivity index (χ1n) is 4.08. The van der Waals surface area contributed by atoms with Crippen molar-refractivity contribution in [1.82, 2.24) is 0 Å². The largest absolute Gasteiger partial charge is 0.479 e. The van der Waals surface area contributed by atoms with E-state index in [9.17, 15) is 9.18 Å². The van der Waals surface area contributed by atoms with Crippen molar-refractivity contribution in [2.24, 2.45) is 5.92 Å². The molecule has 0 aliphatic heterocycles. The molecule has 0 radical (unpaired) electrons. The standard InChI is InChI=1S/C8H13FO2/c9-7(8(10)11)6-4-2-1-3-5-6/h6-7H,1-5H2,(H,10,11)/t7-/m1/s1. The monoisotopic (exact) mass is 160 g/mol. The van der Waals surface area contributed by atoms with Crippen LogP contribution in [-0.4, -0.2) is 17.2 Å². The van der Waals surface area contributed by atoms with Gasteiger partial charge in [0.05, 0.1) is 0 Å². The zero-order valence-electron chi connectivity index (χ0n) is 6.42. The van der Waals surface area contributed by atoms with Crippen molar-refractivity contribution in [3.8, 4) is 0 Å². The number of halogens is 1. The second kappa shape index (κ2) is 3.69. The lowest BCUT2D eigenvalue weighted by Gasteiger charge is -2.22. The summed E-state index contributed by atoms with van der Waals surface area (Å²) in [4.78, 5) is 10.2. The Morgan fingerprint density at radius 3 is 2.36 bits per heavy atom. The number of hydrogen-bond acceptors (Lipinski definition) is 1. The van der Waals surface area contributed by atoms with Gasteiger partial charge < -0.3 is 5.11 Å². The molecule has 0 aromatic heterocycles. The maximum absolute atomic E-state index is 12.8. The Morgan fingerprint density at radius 2 is 1.91 bits per heavy atom. The number of aliphatic carboxylic acids is 1. The Hall–Kier alpha value is -0.600. The summed E-state index contributed by atoms with van der Waals surface area (Å²) in [6.07, 6.45) is 2.95. The van der Waals surface area contributed by atoms with Crippen molar-refractivity contribution in [2.45, 2.75) is 38.3 Å². The second-order valence-electron chi connectivity index (χ2n) is 3.14. The molecule has 0 aromatic rings. The predicted octanol–water partition coefficient (Wildman–Crippen LogP) is 1.99. The van der Waals surface area contributed by atoms with Crippen LogP contribution in [0.2, 0.25) is 0 Å². The molecule has 0 spiro atoms. The van der Waals surface area contributed by atoms with Gasteiger partial charge in [-0.15, -0.1) is 0 Å². The van der Waals surface area contributed by atoms with Crippen LogP contribution in [0, 0.1) is 5.92 Å². The minimum absolute atomic E-state index is 0.221. The highest BCUT2D eigenvalue weighted by atomic mass is 19.1. The van der Waals surface area contributed by atoms with Gasteiger partial charge in [-0.3, -0.25) is 0 Å². The summed E-state index contributed by atoms with van der Waals surface area (Å²) in [5.74, 6) is -1.52. The first-order valence-corrected chi connectivity index (χ1v) is 4.08. The molecular formula is C8H13FO2. The molecule has 0 aromatic carbocycles. The third-order valence-corrected chi connectivity index (χ3v) is 2.30. The van der Waals surface area contributed by atoms with Gasteiger partial charge in [0.1, 0.15) is 0 Å². The van der Waals surface area contributed by atoms with Crippen LogP contribution in [0.4, 0.5) is 4.39 Å². The van der Waals surface area contributed by atoms with Crippen molar-refractivity contribution in [3.05, 3.63) is 0 Å². The third kappa shape index (κ3) is 2.17. The Bertz CT molecular complexity index is 141. The van der Waals surface area contributed by atoms with Gasteiger partial charge in [0, 0.05) is 5.92 Å². The van der Waals surface area contributed by atoms with E-state index in [2.05, 4.69) is 0 Å². The number of carboxylic acids is 1. The predicted molar refractivity (Wildman–Crippen MR) is 39.1 cm³/mol. The lowest BCUT2D eigenvalue weighted by Crippen LogP contribution is -2.26. The topological polar surface area (TPSA) is 37.3 Å². The SMILES string of the molecule is O=C(O)[C@H](F)C1CCCCC1. The molecule has 64 valence electrons. The summed E-state index contributed by atoms with van der Waals surface area (Å²) in [7, 11) is 0. The van der Waals surface area contributed by atoms with Gasteiger partial charge in [-0.1, -0.05) is 19.3 Å². The lowest BCUT2D eigenvalue weighted by atomic mass is 9.86. The summed E-state index contributed by atoms with van der Waals surface area (Å²) >= 11 is 0.